The van der Waals surface area contributed by atoms with E-state index in [0.29, 0.717) is 24.8 Å². The van der Waals surface area contributed by atoms with E-state index in [4.69, 9.17) is 21.1 Å². The van der Waals surface area contributed by atoms with Crippen molar-refractivity contribution in [2.45, 2.75) is 13.5 Å². The van der Waals surface area contributed by atoms with E-state index in [0.717, 1.165) is 5.56 Å². The van der Waals surface area contributed by atoms with Gasteiger partial charge in [-0.15, -0.1) is 0 Å². The monoisotopic (exact) mass is 254 g/mol. The van der Waals surface area contributed by atoms with Crippen molar-refractivity contribution in [1.29, 1.82) is 0 Å². The quantitative estimate of drug-likeness (QED) is 0.445. The van der Waals surface area contributed by atoms with Crippen molar-refractivity contribution in [3.05, 3.63) is 47.0 Å². The smallest absolute Gasteiger partial charge is 0.330 e. The number of rotatable bonds is 6. The minimum Gasteiger partial charge on any atom is -0.463 e. The van der Waals surface area contributed by atoms with Crippen LogP contribution < -0.4 is 0 Å². The second-order valence-corrected chi connectivity index (χ2v) is 3.67. The molecule has 1 aromatic rings. The van der Waals surface area contributed by atoms with Gasteiger partial charge in [-0.05, 0) is 18.6 Å². The molecule has 0 aromatic heterocycles. The molecule has 0 bridgehead atoms. The van der Waals surface area contributed by atoms with E-state index >= 15 is 0 Å². The summed E-state index contributed by atoms with van der Waals surface area (Å²) in [4.78, 5) is 10.9. The van der Waals surface area contributed by atoms with E-state index in [9.17, 15) is 4.79 Å². The van der Waals surface area contributed by atoms with Crippen LogP contribution in [0, 0.1) is 0 Å². The van der Waals surface area contributed by atoms with Crippen molar-refractivity contribution in [3.8, 4) is 0 Å². The van der Waals surface area contributed by atoms with Crippen molar-refractivity contribution in [3.63, 3.8) is 0 Å². The Bertz CT molecular complexity index is 388. The average molecular weight is 255 g/mol. The molecule has 1 rings (SSSR count). The van der Waals surface area contributed by atoms with Crippen molar-refractivity contribution < 1.29 is 14.3 Å². The number of ether oxygens (including phenoxy) is 2. The molecule has 0 unspecified atom stereocenters. The summed E-state index contributed by atoms with van der Waals surface area (Å²) in [5.74, 6) is -0.353. The fourth-order valence-corrected chi connectivity index (χ4v) is 1.38. The van der Waals surface area contributed by atoms with Crippen LogP contribution in [0.5, 0.6) is 0 Å². The van der Waals surface area contributed by atoms with E-state index in [1.807, 2.05) is 24.3 Å². The minimum absolute atomic E-state index is 0.351. The van der Waals surface area contributed by atoms with Gasteiger partial charge in [-0.25, -0.2) is 4.79 Å². The summed E-state index contributed by atoms with van der Waals surface area (Å²) in [5.41, 5.74) is 0.929. The first kappa shape index (κ1) is 13.7. The minimum atomic E-state index is -0.353. The number of esters is 1. The predicted octanol–water partition coefficient (Wildman–Crippen LogP) is 2.98. The molecule has 0 aliphatic rings. The number of benzene rings is 1. The summed E-state index contributed by atoms with van der Waals surface area (Å²) in [6.45, 7) is 2.92. The van der Waals surface area contributed by atoms with Gasteiger partial charge in [0.25, 0.3) is 0 Å². The van der Waals surface area contributed by atoms with Crippen molar-refractivity contribution in [1.82, 2.24) is 0 Å². The summed E-state index contributed by atoms with van der Waals surface area (Å²) < 4.78 is 10.1. The van der Waals surface area contributed by atoms with E-state index in [1.54, 1.807) is 13.0 Å². The van der Waals surface area contributed by atoms with Gasteiger partial charge < -0.3 is 9.47 Å². The van der Waals surface area contributed by atoms with E-state index in [2.05, 4.69) is 0 Å². The summed E-state index contributed by atoms with van der Waals surface area (Å²) in [7, 11) is 0. The van der Waals surface area contributed by atoms with Crippen molar-refractivity contribution in [2.75, 3.05) is 13.2 Å². The Hall–Kier alpha value is -1.32. The van der Waals surface area contributed by atoms with E-state index in [-0.39, 0.29) is 5.97 Å². The number of carbonyl (C=O) groups is 1. The fourth-order valence-electron chi connectivity index (χ4n) is 1.19. The molecule has 0 atom stereocenters. The van der Waals surface area contributed by atoms with Gasteiger partial charge in [0.15, 0.2) is 0 Å². The number of hydrogen-bond donors (Lipinski definition) is 0. The Morgan fingerprint density at radius 3 is 2.88 bits per heavy atom. The standard InChI is InChI=1S/C13H15ClO3/c1-2-17-13(15)8-5-9-16-10-11-6-3-4-7-12(11)14/h3-8H,2,9-10H2,1H3/b8-5+. The highest BCUT2D eigenvalue weighted by atomic mass is 35.5. The lowest BCUT2D eigenvalue weighted by Gasteiger charge is -2.03. The van der Waals surface area contributed by atoms with E-state index in [1.165, 1.54) is 6.08 Å². The first-order valence-electron chi connectivity index (χ1n) is 5.38. The summed E-state index contributed by atoms with van der Waals surface area (Å²) in [6, 6.07) is 7.48. The Labute approximate surface area is 106 Å². The third-order valence-electron chi connectivity index (χ3n) is 1.97. The molecule has 0 aliphatic carbocycles. The molecule has 0 fully saturated rings. The highest BCUT2D eigenvalue weighted by Crippen LogP contribution is 2.15. The third-order valence-corrected chi connectivity index (χ3v) is 2.34. The molecule has 0 spiro atoms. The Morgan fingerprint density at radius 1 is 1.41 bits per heavy atom. The van der Waals surface area contributed by atoms with Gasteiger partial charge in [0, 0.05) is 11.1 Å². The second-order valence-electron chi connectivity index (χ2n) is 3.26. The van der Waals surface area contributed by atoms with E-state index < -0.39 is 0 Å². The maximum atomic E-state index is 10.9. The molecule has 4 heteroatoms. The zero-order valence-electron chi connectivity index (χ0n) is 9.69. The summed E-state index contributed by atoms with van der Waals surface area (Å²) >= 11 is 5.96. The number of halogens is 1. The molecule has 3 nitrogen and oxygen atoms in total. The van der Waals surface area contributed by atoms with Crippen LogP contribution in [0.4, 0.5) is 0 Å². The largest absolute Gasteiger partial charge is 0.463 e. The molecule has 1 aromatic carbocycles. The van der Waals surface area contributed by atoms with Crippen LogP contribution in [0.25, 0.3) is 0 Å². The van der Waals surface area contributed by atoms with Gasteiger partial charge >= 0.3 is 5.97 Å². The summed E-state index contributed by atoms with van der Waals surface area (Å²) in [6.07, 6.45) is 2.98. The average Bonchev–Trinajstić information content (AvgIpc) is 2.31. The maximum absolute atomic E-state index is 10.9. The molecule has 0 amide bonds. The first-order chi connectivity index (χ1) is 8.24. The molecular weight excluding hydrogens is 240 g/mol. The van der Waals surface area contributed by atoms with Crippen LogP contribution in [0.1, 0.15) is 12.5 Å². The third kappa shape index (κ3) is 5.52. The molecule has 0 aliphatic heterocycles. The molecule has 0 saturated carbocycles. The first-order valence-corrected chi connectivity index (χ1v) is 5.76. The summed E-state index contributed by atoms with van der Waals surface area (Å²) in [5, 5.41) is 0.682. The molecule has 0 heterocycles. The van der Waals surface area contributed by atoms with Crippen LogP contribution in [-0.4, -0.2) is 19.2 Å². The Morgan fingerprint density at radius 2 is 2.18 bits per heavy atom. The molecule has 92 valence electrons. The topological polar surface area (TPSA) is 35.5 Å². The highest BCUT2D eigenvalue weighted by Gasteiger charge is 1.97. The van der Waals surface area contributed by atoms with Crippen LogP contribution in [0.3, 0.4) is 0 Å². The number of hydrogen-bond acceptors (Lipinski definition) is 3. The molecular formula is C13H15ClO3. The fraction of sp³-hybridized carbons (Fsp3) is 0.308. The van der Waals surface area contributed by atoms with Crippen LogP contribution in [0.15, 0.2) is 36.4 Å². The molecule has 17 heavy (non-hydrogen) atoms. The highest BCUT2D eigenvalue weighted by molar-refractivity contribution is 6.31. The maximum Gasteiger partial charge on any atom is 0.330 e. The lowest BCUT2D eigenvalue weighted by atomic mass is 10.2. The zero-order valence-corrected chi connectivity index (χ0v) is 10.4. The SMILES string of the molecule is CCOC(=O)/C=C/COCc1ccccc1Cl. The lowest BCUT2D eigenvalue weighted by Crippen LogP contribution is -2.00. The lowest BCUT2D eigenvalue weighted by molar-refractivity contribution is -0.137. The van der Waals surface area contributed by atoms with Gasteiger partial charge in [0.1, 0.15) is 0 Å². The second kappa shape index (κ2) is 7.87. The predicted molar refractivity (Wildman–Crippen MR) is 66.9 cm³/mol. The molecule has 0 radical (unpaired) electrons. The van der Waals surface area contributed by atoms with Crippen LogP contribution in [-0.2, 0) is 20.9 Å². The van der Waals surface area contributed by atoms with Gasteiger partial charge in [-0.2, -0.15) is 0 Å². The molecule has 0 N–H and O–H groups in total. The Balaban J connectivity index is 2.25. The number of carbonyl (C=O) groups excluding carboxylic acids is 1. The van der Waals surface area contributed by atoms with Gasteiger partial charge in [-0.1, -0.05) is 35.9 Å². The van der Waals surface area contributed by atoms with Gasteiger partial charge in [0.2, 0.25) is 0 Å². The van der Waals surface area contributed by atoms with Gasteiger partial charge in [-0.3, -0.25) is 0 Å². The van der Waals surface area contributed by atoms with Crippen LogP contribution >= 0.6 is 11.6 Å². The van der Waals surface area contributed by atoms with Crippen molar-refractivity contribution in [2.24, 2.45) is 0 Å². The normalized spacial score (nSPS) is 10.7. The van der Waals surface area contributed by atoms with Gasteiger partial charge in [0.05, 0.1) is 19.8 Å². The zero-order chi connectivity index (χ0) is 12.5. The molecule has 0 saturated heterocycles. The van der Waals surface area contributed by atoms with Crippen molar-refractivity contribution >= 4 is 17.6 Å². The van der Waals surface area contributed by atoms with Crippen LogP contribution in [0.2, 0.25) is 5.02 Å². The Kier molecular flexibility index (Phi) is 6.37.